The highest BCUT2D eigenvalue weighted by atomic mass is 15.1. The summed E-state index contributed by atoms with van der Waals surface area (Å²) in [5, 5.41) is 3.62. The lowest BCUT2D eigenvalue weighted by atomic mass is 9.78. The average Bonchev–Trinajstić information content (AvgIpc) is 3.31. The summed E-state index contributed by atoms with van der Waals surface area (Å²) in [6.45, 7) is 10.5. The fourth-order valence-electron chi connectivity index (χ4n) is 3.28. The van der Waals surface area contributed by atoms with Gasteiger partial charge in [-0.3, -0.25) is 0 Å². The predicted octanol–water partition coefficient (Wildman–Crippen LogP) is 4.26. The maximum Gasteiger partial charge on any atom is 0.0369 e. The number of nitrogens with one attached hydrogen (secondary N) is 1. The summed E-state index contributed by atoms with van der Waals surface area (Å²) >= 11 is 0. The van der Waals surface area contributed by atoms with Crippen molar-refractivity contribution in [3.63, 3.8) is 0 Å². The van der Waals surface area contributed by atoms with Gasteiger partial charge in [-0.05, 0) is 61.3 Å². The van der Waals surface area contributed by atoms with Crippen molar-refractivity contribution in [3.05, 3.63) is 29.3 Å². The Kier molecular flexibility index (Phi) is 4.26. The van der Waals surface area contributed by atoms with Crippen LogP contribution in [-0.2, 0) is 6.54 Å². The molecule has 0 spiro atoms. The molecule has 2 fully saturated rings. The van der Waals surface area contributed by atoms with Gasteiger partial charge in [0, 0.05) is 31.4 Å². The Morgan fingerprint density at radius 2 is 1.95 bits per heavy atom. The van der Waals surface area contributed by atoms with Crippen molar-refractivity contribution in [3.8, 4) is 0 Å². The molecule has 0 unspecified atom stereocenters. The van der Waals surface area contributed by atoms with Crippen molar-refractivity contribution >= 4 is 5.69 Å². The number of hydrogen-bond donors (Lipinski definition) is 1. The fourth-order valence-corrected chi connectivity index (χ4v) is 3.28. The molecule has 1 saturated heterocycles. The van der Waals surface area contributed by atoms with Gasteiger partial charge in [-0.2, -0.15) is 0 Å². The van der Waals surface area contributed by atoms with Gasteiger partial charge < -0.3 is 10.2 Å². The highest BCUT2D eigenvalue weighted by molar-refractivity contribution is 5.51. The van der Waals surface area contributed by atoms with E-state index < -0.39 is 0 Å². The molecule has 1 aliphatic carbocycles. The molecule has 3 rings (SSSR count). The van der Waals surface area contributed by atoms with Gasteiger partial charge in [0.05, 0.1) is 0 Å². The topological polar surface area (TPSA) is 15.3 Å². The van der Waals surface area contributed by atoms with Gasteiger partial charge in [0.15, 0.2) is 0 Å². The number of hydrogen-bond acceptors (Lipinski definition) is 2. The SMILES string of the molecule is CCC1(C)CCN(c2ccc(CNC3CC3)c(C)c2)CC1. The standard InChI is InChI=1S/C19H30N2/c1-4-19(3)9-11-21(12-10-19)18-8-5-16(15(2)13-18)14-20-17-6-7-17/h5,8,13,17,20H,4,6-7,9-12,14H2,1-3H3. The first-order valence-corrected chi connectivity index (χ1v) is 8.67. The maximum atomic E-state index is 3.62. The van der Waals surface area contributed by atoms with E-state index >= 15 is 0 Å². The molecule has 21 heavy (non-hydrogen) atoms. The molecule has 1 heterocycles. The van der Waals surface area contributed by atoms with Crippen molar-refractivity contribution in [1.82, 2.24) is 5.32 Å². The molecule has 1 aromatic rings. The molecule has 2 aliphatic rings. The van der Waals surface area contributed by atoms with Gasteiger partial charge in [-0.1, -0.05) is 26.3 Å². The molecule has 0 atom stereocenters. The minimum Gasteiger partial charge on any atom is -0.371 e. The van der Waals surface area contributed by atoms with Crippen LogP contribution in [0, 0.1) is 12.3 Å². The van der Waals surface area contributed by atoms with Gasteiger partial charge in [-0.25, -0.2) is 0 Å². The van der Waals surface area contributed by atoms with Crippen LogP contribution < -0.4 is 10.2 Å². The Morgan fingerprint density at radius 3 is 2.52 bits per heavy atom. The molecular formula is C19H30N2. The van der Waals surface area contributed by atoms with E-state index in [1.165, 1.54) is 62.0 Å². The number of rotatable bonds is 5. The summed E-state index contributed by atoms with van der Waals surface area (Å²) in [5.74, 6) is 0. The third-order valence-electron chi connectivity index (χ3n) is 5.67. The highest BCUT2D eigenvalue weighted by Crippen LogP contribution is 2.36. The molecule has 1 aromatic carbocycles. The number of benzene rings is 1. The second kappa shape index (κ2) is 6.00. The third-order valence-corrected chi connectivity index (χ3v) is 5.67. The lowest BCUT2D eigenvalue weighted by molar-refractivity contribution is 0.238. The Morgan fingerprint density at radius 1 is 1.24 bits per heavy atom. The smallest absolute Gasteiger partial charge is 0.0369 e. The Balaban J connectivity index is 1.62. The third kappa shape index (κ3) is 3.60. The summed E-state index contributed by atoms with van der Waals surface area (Å²) in [6, 6.07) is 7.83. The van der Waals surface area contributed by atoms with Crippen LogP contribution in [0.1, 0.15) is 57.1 Å². The van der Waals surface area contributed by atoms with Crippen LogP contribution >= 0.6 is 0 Å². The monoisotopic (exact) mass is 286 g/mol. The van der Waals surface area contributed by atoms with E-state index in [1.54, 1.807) is 0 Å². The number of nitrogens with zero attached hydrogens (tertiary/aromatic N) is 1. The largest absolute Gasteiger partial charge is 0.371 e. The van der Waals surface area contributed by atoms with Crippen LogP contribution in [-0.4, -0.2) is 19.1 Å². The summed E-state index contributed by atoms with van der Waals surface area (Å²) in [5.41, 5.74) is 4.88. The Hall–Kier alpha value is -1.02. The zero-order chi connectivity index (χ0) is 14.9. The molecular weight excluding hydrogens is 256 g/mol. The molecule has 0 bridgehead atoms. The Labute approximate surface area is 129 Å². The van der Waals surface area contributed by atoms with Gasteiger partial charge in [0.1, 0.15) is 0 Å². The fraction of sp³-hybridized carbons (Fsp3) is 0.684. The lowest BCUT2D eigenvalue weighted by Crippen LogP contribution is -2.38. The molecule has 2 nitrogen and oxygen atoms in total. The van der Waals surface area contributed by atoms with E-state index in [4.69, 9.17) is 0 Å². The molecule has 0 radical (unpaired) electrons. The second-order valence-electron chi connectivity index (χ2n) is 7.42. The van der Waals surface area contributed by atoms with Crippen LogP contribution in [0.2, 0.25) is 0 Å². The van der Waals surface area contributed by atoms with E-state index in [9.17, 15) is 0 Å². The molecule has 2 heteroatoms. The number of anilines is 1. The van der Waals surface area contributed by atoms with Crippen molar-refractivity contribution in [2.75, 3.05) is 18.0 Å². The summed E-state index contributed by atoms with van der Waals surface area (Å²) < 4.78 is 0. The summed E-state index contributed by atoms with van der Waals surface area (Å²) in [7, 11) is 0. The van der Waals surface area contributed by atoms with Crippen molar-refractivity contribution < 1.29 is 0 Å². The normalized spacial score (nSPS) is 21.6. The van der Waals surface area contributed by atoms with Crippen LogP contribution in [0.5, 0.6) is 0 Å². The predicted molar refractivity (Wildman–Crippen MR) is 90.9 cm³/mol. The Bertz CT molecular complexity index is 482. The van der Waals surface area contributed by atoms with E-state index in [2.05, 4.69) is 49.2 Å². The second-order valence-corrected chi connectivity index (χ2v) is 7.42. The van der Waals surface area contributed by atoms with Crippen LogP contribution in [0.3, 0.4) is 0 Å². The van der Waals surface area contributed by atoms with Gasteiger partial charge in [0.2, 0.25) is 0 Å². The molecule has 0 amide bonds. The molecule has 1 aliphatic heterocycles. The van der Waals surface area contributed by atoms with Gasteiger partial charge in [0.25, 0.3) is 0 Å². The first-order valence-electron chi connectivity index (χ1n) is 8.67. The first-order chi connectivity index (χ1) is 10.1. The first kappa shape index (κ1) is 14.9. The van der Waals surface area contributed by atoms with Crippen molar-refractivity contribution in [2.45, 2.75) is 65.5 Å². The minimum absolute atomic E-state index is 0.569. The zero-order valence-corrected chi connectivity index (χ0v) is 13.9. The maximum absolute atomic E-state index is 3.62. The van der Waals surface area contributed by atoms with Crippen LogP contribution in [0.25, 0.3) is 0 Å². The van der Waals surface area contributed by atoms with Crippen molar-refractivity contribution in [2.24, 2.45) is 5.41 Å². The summed E-state index contributed by atoms with van der Waals surface area (Å²) in [4.78, 5) is 2.57. The molecule has 116 valence electrons. The van der Waals surface area contributed by atoms with Crippen molar-refractivity contribution in [1.29, 1.82) is 0 Å². The lowest BCUT2D eigenvalue weighted by Gasteiger charge is -2.40. The van der Waals surface area contributed by atoms with E-state index in [-0.39, 0.29) is 0 Å². The highest BCUT2D eigenvalue weighted by Gasteiger charge is 2.28. The van der Waals surface area contributed by atoms with E-state index in [0.717, 1.165) is 12.6 Å². The van der Waals surface area contributed by atoms with E-state index in [0.29, 0.717) is 5.41 Å². The van der Waals surface area contributed by atoms with Gasteiger partial charge >= 0.3 is 0 Å². The average molecular weight is 286 g/mol. The molecule has 1 N–H and O–H groups in total. The zero-order valence-electron chi connectivity index (χ0n) is 13.9. The minimum atomic E-state index is 0.569. The number of piperidine rings is 1. The van der Waals surface area contributed by atoms with E-state index in [1.807, 2.05) is 0 Å². The summed E-state index contributed by atoms with van der Waals surface area (Å²) in [6.07, 6.45) is 6.69. The van der Waals surface area contributed by atoms with Gasteiger partial charge in [-0.15, -0.1) is 0 Å². The molecule has 0 aromatic heterocycles. The molecule has 1 saturated carbocycles. The van der Waals surface area contributed by atoms with Crippen LogP contribution in [0.15, 0.2) is 18.2 Å². The number of aryl methyl sites for hydroxylation is 1. The quantitative estimate of drug-likeness (QED) is 0.870. The van der Waals surface area contributed by atoms with Crippen LogP contribution in [0.4, 0.5) is 5.69 Å².